The van der Waals surface area contributed by atoms with Gasteiger partial charge in [0, 0.05) is 19.2 Å². The molecule has 3 rings (SSSR count). The summed E-state index contributed by atoms with van der Waals surface area (Å²) in [6, 6.07) is 2.87. The Kier molecular flexibility index (Phi) is 4.63. The molecule has 1 aliphatic rings. The molecule has 0 amide bonds. The molecule has 2 aromatic rings. The molecule has 2 heterocycles. The van der Waals surface area contributed by atoms with Crippen molar-refractivity contribution in [3.05, 3.63) is 34.7 Å². The third kappa shape index (κ3) is 3.09. The van der Waals surface area contributed by atoms with Crippen molar-refractivity contribution in [1.29, 1.82) is 0 Å². The van der Waals surface area contributed by atoms with E-state index in [-0.39, 0.29) is 11.6 Å². The van der Waals surface area contributed by atoms with E-state index in [1.807, 2.05) is 4.90 Å². The SMILES string of the molecule is CCOC(=O)c1c[nH+]c2cc(Cl)c(F)cc2c1N1CCOCC1. The number of ether oxygens (including phenoxy) is 2. The Hall–Kier alpha value is -1.92. The zero-order valence-corrected chi connectivity index (χ0v) is 13.5. The van der Waals surface area contributed by atoms with Gasteiger partial charge in [0.25, 0.3) is 0 Å². The maximum atomic E-state index is 14.0. The summed E-state index contributed by atoms with van der Waals surface area (Å²) in [5.41, 5.74) is 1.69. The number of nitrogens with zero attached hydrogens (tertiary/aromatic N) is 1. The molecule has 1 aromatic carbocycles. The molecule has 0 unspecified atom stereocenters. The molecule has 1 saturated heterocycles. The second-order valence-electron chi connectivity index (χ2n) is 5.18. The summed E-state index contributed by atoms with van der Waals surface area (Å²) in [5, 5.41) is 0.630. The van der Waals surface area contributed by atoms with Crippen molar-refractivity contribution in [2.24, 2.45) is 0 Å². The predicted octanol–water partition coefficient (Wildman–Crippen LogP) is 2.46. The maximum absolute atomic E-state index is 14.0. The molecule has 0 radical (unpaired) electrons. The van der Waals surface area contributed by atoms with Crippen LogP contribution >= 0.6 is 11.6 Å². The zero-order valence-electron chi connectivity index (χ0n) is 12.7. The minimum atomic E-state index is -0.525. The molecule has 1 aliphatic heterocycles. The largest absolute Gasteiger partial charge is 0.462 e. The Morgan fingerprint density at radius 1 is 1.43 bits per heavy atom. The molecule has 122 valence electrons. The smallest absolute Gasteiger partial charge is 0.346 e. The maximum Gasteiger partial charge on any atom is 0.346 e. The number of carbonyl (C=O) groups is 1. The molecule has 7 heteroatoms. The Morgan fingerprint density at radius 3 is 2.87 bits per heavy atom. The fraction of sp³-hybridized carbons (Fsp3) is 0.375. The summed E-state index contributed by atoms with van der Waals surface area (Å²) >= 11 is 5.86. The highest BCUT2D eigenvalue weighted by Crippen LogP contribution is 2.32. The minimum absolute atomic E-state index is 0.0329. The Balaban J connectivity index is 2.21. The Morgan fingerprint density at radius 2 is 2.17 bits per heavy atom. The number of nitrogens with one attached hydrogen (secondary N) is 1. The Bertz CT molecular complexity index is 748. The number of aromatic amines is 1. The van der Waals surface area contributed by atoms with Gasteiger partial charge in [0.2, 0.25) is 5.52 Å². The first kappa shape index (κ1) is 16.0. The number of hydrogen-bond donors (Lipinski definition) is 0. The number of aromatic nitrogens is 1. The highest BCUT2D eigenvalue weighted by molar-refractivity contribution is 6.31. The van der Waals surface area contributed by atoms with E-state index in [0.717, 1.165) is 0 Å². The summed E-state index contributed by atoms with van der Waals surface area (Å²) in [7, 11) is 0. The van der Waals surface area contributed by atoms with Crippen LogP contribution in [-0.4, -0.2) is 38.9 Å². The number of hydrogen-bond acceptors (Lipinski definition) is 4. The quantitative estimate of drug-likeness (QED) is 0.806. The van der Waals surface area contributed by atoms with E-state index in [0.29, 0.717) is 48.5 Å². The number of benzene rings is 1. The van der Waals surface area contributed by atoms with Crippen molar-refractivity contribution >= 4 is 34.2 Å². The number of pyridine rings is 1. The fourth-order valence-corrected chi connectivity index (χ4v) is 2.88. The highest BCUT2D eigenvalue weighted by atomic mass is 35.5. The van der Waals surface area contributed by atoms with Gasteiger partial charge >= 0.3 is 5.97 Å². The minimum Gasteiger partial charge on any atom is -0.462 e. The van der Waals surface area contributed by atoms with Gasteiger partial charge in [-0.2, -0.15) is 0 Å². The first-order chi connectivity index (χ1) is 11.1. The molecular formula is C16H17ClFN2O3+. The number of carbonyl (C=O) groups excluding carboxylic acids is 1. The van der Waals surface area contributed by atoms with E-state index in [9.17, 15) is 9.18 Å². The van der Waals surface area contributed by atoms with Gasteiger partial charge in [-0.25, -0.2) is 14.2 Å². The van der Waals surface area contributed by atoms with Crippen molar-refractivity contribution in [2.45, 2.75) is 6.92 Å². The van der Waals surface area contributed by atoms with Crippen molar-refractivity contribution in [2.75, 3.05) is 37.8 Å². The van der Waals surface area contributed by atoms with Crippen LogP contribution in [0, 0.1) is 5.82 Å². The van der Waals surface area contributed by atoms with Gasteiger partial charge < -0.3 is 14.4 Å². The van der Waals surface area contributed by atoms with Gasteiger partial charge in [-0.1, -0.05) is 11.6 Å². The predicted molar refractivity (Wildman–Crippen MR) is 84.5 cm³/mol. The van der Waals surface area contributed by atoms with Crippen LogP contribution in [0.1, 0.15) is 17.3 Å². The van der Waals surface area contributed by atoms with E-state index in [2.05, 4.69) is 4.98 Å². The van der Waals surface area contributed by atoms with E-state index < -0.39 is 11.8 Å². The van der Waals surface area contributed by atoms with Gasteiger partial charge in [-0.15, -0.1) is 0 Å². The van der Waals surface area contributed by atoms with Crippen molar-refractivity contribution in [3.8, 4) is 0 Å². The first-order valence-electron chi connectivity index (χ1n) is 7.45. The second-order valence-corrected chi connectivity index (χ2v) is 5.59. The highest BCUT2D eigenvalue weighted by Gasteiger charge is 2.26. The van der Waals surface area contributed by atoms with E-state index in [1.54, 1.807) is 13.1 Å². The lowest BCUT2D eigenvalue weighted by Crippen LogP contribution is -2.38. The summed E-state index contributed by atoms with van der Waals surface area (Å²) in [4.78, 5) is 17.3. The van der Waals surface area contributed by atoms with Gasteiger partial charge in [-0.3, -0.25) is 0 Å². The molecule has 1 aromatic heterocycles. The lowest BCUT2D eigenvalue weighted by Gasteiger charge is -2.30. The monoisotopic (exact) mass is 339 g/mol. The number of rotatable bonds is 3. The Labute approximate surface area is 137 Å². The van der Waals surface area contributed by atoms with Gasteiger partial charge in [0.05, 0.1) is 35.9 Å². The number of esters is 1. The van der Waals surface area contributed by atoms with E-state index in [4.69, 9.17) is 21.1 Å². The molecule has 1 fully saturated rings. The first-order valence-corrected chi connectivity index (χ1v) is 7.83. The molecule has 23 heavy (non-hydrogen) atoms. The average molecular weight is 340 g/mol. The van der Waals surface area contributed by atoms with Crippen LogP contribution in [0.4, 0.5) is 10.1 Å². The average Bonchev–Trinajstić information content (AvgIpc) is 2.56. The standard InChI is InChI=1S/C16H16ClFN2O3/c1-2-23-16(21)11-9-19-14-8-12(17)13(18)7-10(14)15(11)20-3-5-22-6-4-20/h7-9H,2-6H2,1H3/p+1. The topological polar surface area (TPSA) is 52.9 Å². The normalized spacial score (nSPS) is 15.0. The number of fused-ring (bicyclic) bond motifs is 1. The molecule has 1 N–H and O–H groups in total. The van der Waals surface area contributed by atoms with Crippen LogP contribution in [0.5, 0.6) is 0 Å². The summed E-state index contributed by atoms with van der Waals surface area (Å²) < 4.78 is 24.5. The molecule has 0 bridgehead atoms. The van der Waals surface area contributed by atoms with Gasteiger partial charge in [0.15, 0.2) is 6.20 Å². The van der Waals surface area contributed by atoms with Crippen LogP contribution in [0.25, 0.3) is 10.9 Å². The molecule has 5 nitrogen and oxygen atoms in total. The zero-order chi connectivity index (χ0) is 16.4. The molecule has 0 spiro atoms. The van der Waals surface area contributed by atoms with Crippen LogP contribution in [0.2, 0.25) is 5.02 Å². The molecule has 0 saturated carbocycles. The van der Waals surface area contributed by atoms with Crippen molar-refractivity contribution in [3.63, 3.8) is 0 Å². The van der Waals surface area contributed by atoms with Crippen molar-refractivity contribution < 1.29 is 23.6 Å². The van der Waals surface area contributed by atoms with Gasteiger partial charge in [-0.05, 0) is 13.0 Å². The third-order valence-electron chi connectivity index (χ3n) is 3.77. The lowest BCUT2D eigenvalue weighted by molar-refractivity contribution is -0.344. The van der Waals surface area contributed by atoms with E-state index >= 15 is 0 Å². The molecular weight excluding hydrogens is 323 g/mol. The number of H-pyrrole nitrogens is 1. The lowest BCUT2D eigenvalue weighted by atomic mass is 10.1. The summed E-state index contributed by atoms with van der Waals surface area (Å²) in [6.45, 7) is 4.37. The molecule has 0 aliphatic carbocycles. The van der Waals surface area contributed by atoms with Crippen LogP contribution in [-0.2, 0) is 9.47 Å². The molecule has 0 atom stereocenters. The summed E-state index contributed by atoms with van der Waals surface area (Å²) in [5.74, 6) is -0.967. The number of morpholine rings is 1. The van der Waals surface area contributed by atoms with Gasteiger partial charge in [0.1, 0.15) is 11.4 Å². The van der Waals surface area contributed by atoms with E-state index in [1.165, 1.54) is 12.1 Å². The third-order valence-corrected chi connectivity index (χ3v) is 4.06. The second kappa shape index (κ2) is 6.68. The van der Waals surface area contributed by atoms with Crippen molar-refractivity contribution in [1.82, 2.24) is 0 Å². The fourth-order valence-electron chi connectivity index (χ4n) is 2.72. The van der Waals surface area contributed by atoms with Crippen LogP contribution in [0.3, 0.4) is 0 Å². The van der Waals surface area contributed by atoms with Crippen LogP contribution < -0.4 is 9.88 Å². The number of halogens is 2. The van der Waals surface area contributed by atoms with Crippen LogP contribution in [0.15, 0.2) is 18.3 Å². The summed E-state index contributed by atoms with van der Waals surface area (Å²) in [6.07, 6.45) is 1.58. The number of anilines is 1.